The monoisotopic (exact) mass is 609 g/mol. The molecular formula is C27H30Cl3N5O3S. The van der Waals surface area contributed by atoms with Crippen LogP contribution in [-0.4, -0.2) is 76.4 Å². The fourth-order valence-electron chi connectivity index (χ4n) is 5.31. The van der Waals surface area contributed by atoms with Crippen molar-refractivity contribution < 1.29 is 13.2 Å². The highest BCUT2D eigenvalue weighted by atomic mass is 35.5. The van der Waals surface area contributed by atoms with Crippen LogP contribution in [0.1, 0.15) is 42.2 Å². The molecule has 1 atom stereocenters. The lowest BCUT2D eigenvalue weighted by Crippen LogP contribution is -2.56. The summed E-state index contributed by atoms with van der Waals surface area (Å²) in [5.74, 6) is -0.255. The molecule has 0 radical (unpaired) electrons. The van der Waals surface area contributed by atoms with Crippen LogP contribution in [0, 0.1) is 6.92 Å². The SMILES string of the molecule is Cc1c(C(=O)N2CCN(S(=O)(=O)N3CCCCC3C)CC2)nn(-c2ccc(Cl)cc2Cl)c1-c1ccc(Cl)cc1. The maximum Gasteiger partial charge on any atom is 0.282 e. The van der Waals surface area contributed by atoms with E-state index in [1.165, 1.54) is 4.31 Å². The fraction of sp³-hybridized carbons (Fsp3) is 0.407. The van der Waals surface area contributed by atoms with Crippen LogP contribution < -0.4 is 0 Å². The first-order chi connectivity index (χ1) is 18.6. The molecule has 39 heavy (non-hydrogen) atoms. The number of halogens is 3. The number of amides is 1. The van der Waals surface area contributed by atoms with E-state index in [2.05, 4.69) is 0 Å². The Hall–Kier alpha value is -2.14. The van der Waals surface area contributed by atoms with Gasteiger partial charge in [-0.25, -0.2) is 4.68 Å². The Morgan fingerprint density at radius 3 is 2.23 bits per heavy atom. The summed E-state index contributed by atoms with van der Waals surface area (Å²) in [4.78, 5) is 15.4. The molecule has 3 aromatic rings. The number of benzene rings is 2. The molecule has 2 aromatic carbocycles. The van der Waals surface area contributed by atoms with Crippen LogP contribution >= 0.6 is 34.8 Å². The Morgan fingerprint density at radius 1 is 0.923 bits per heavy atom. The first-order valence-corrected chi connectivity index (χ1v) is 15.5. The molecule has 1 aromatic heterocycles. The predicted octanol–water partition coefficient (Wildman–Crippen LogP) is 5.68. The molecule has 0 bridgehead atoms. The normalized spacial score (nSPS) is 19.4. The minimum absolute atomic E-state index is 0.0130. The van der Waals surface area contributed by atoms with Crippen LogP contribution in [0.5, 0.6) is 0 Å². The molecule has 0 N–H and O–H groups in total. The number of aromatic nitrogens is 2. The number of piperidine rings is 1. The molecule has 0 saturated carbocycles. The number of hydrogen-bond donors (Lipinski definition) is 0. The number of carbonyl (C=O) groups excluding carboxylic acids is 1. The first-order valence-electron chi connectivity index (χ1n) is 12.9. The van der Waals surface area contributed by atoms with Gasteiger partial charge in [-0.3, -0.25) is 4.79 Å². The highest BCUT2D eigenvalue weighted by Gasteiger charge is 2.37. The van der Waals surface area contributed by atoms with Crippen molar-refractivity contribution in [2.45, 2.75) is 39.2 Å². The second-order valence-electron chi connectivity index (χ2n) is 9.99. The topological polar surface area (TPSA) is 78.8 Å². The lowest BCUT2D eigenvalue weighted by Gasteiger charge is -2.39. The molecule has 208 valence electrons. The van der Waals surface area contributed by atoms with Gasteiger partial charge < -0.3 is 4.90 Å². The van der Waals surface area contributed by atoms with Crippen LogP contribution in [-0.2, 0) is 10.2 Å². The summed E-state index contributed by atoms with van der Waals surface area (Å²) in [7, 11) is -3.57. The Kier molecular flexibility index (Phi) is 8.29. The van der Waals surface area contributed by atoms with Gasteiger partial charge in [0.15, 0.2) is 5.69 Å². The summed E-state index contributed by atoms with van der Waals surface area (Å²) in [6.45, 7) is 5.40. The average molecular weight is 611 g/mol. The molecule has 2 fully saturated rings. The van der Waals surface area contributed by atoms with Crippen LogP contribution in [0.25, 0.3) is 16.9 Å². The number of hydrogen-bond acceptors (Lipinski definition) is 4. The zero-order chi connectivity index (χ0) is 27.9. The quantitative estimate of drug-likeness (QED) is 0.372. The summed E-state index contributed by atoms with van der Waals surface area (Å²) in [6, 6.07) is 12.4. The standard InChI is InChI=1S/C27H30Cl3N5O3S/c1-18-5-3-4-12-34(18)39(37,38)33-15-13-32(14-16-33)27(36)25-19(2)26(20-6-8-21(28)9-7-20)35(31-25)24-11-10-22(29)17-23(24)30/h6-11,17-18H,3-5,12-16H2,1-2H3. The smallest absolute Gasteiger partial charge is 0.282 e. The Morgan fingerprint density at radius 2 is 1.59 bits per heavy atom. The molecular weight excluding hydrogens is 581 g/mol. The Balaban J connectivity index is 1.43. The summed E-state index contributed by atoms with van der Waals surface area (Å²) >= 11 is 18.8. The van der Waals surface area contributed by atoms with Crippen LogP contribution in [0.2, 0.25) is 15.1 Å². The second kappa shape index (κ2) is 11.4. The van der Waals surface area contributed by atoms with Crippen molar-refractivity contribution in [3.63, 3.8) is 0 Å². The molecule has 2 saturated heterocycles. The zero-order valence-corrected chi connectivity index (χ0v) is 24.9. The van der Waals surface area contributed by atoms with Crippen molar-refractivity contribution in [1.82, 2.24) is 23.3 Å². The van der Waals surface area contributed by atoms with E-state index in [4.69, 9.17) is 39.9 Å². The lowest BCUT2D eigenvalue weighted by molar-refractivity contribution is 0.0684. The van der Waals surface area contributed by atoms with Gasteiger partial charge in [0.25, 0.3) is 16.1 Å². The Labute approximate surface area is 244 Å². The van der Waals surface area contributed by atoms with Gasteiger partial charge in [0.05, 0.1) is 16.4 Å². The van der Waals surface area contributed by atoms with E-state index in [0.717, 1.165) is 24.8 Å². The third-order valence-electron chi connectivity index (χ3n) is 7.47. The second-order valence-corrected chi connectivity index (χ2v) is 13.2. The minimum atomic E-state index is -3.57. The average Bonchev–Trinajstić information content (AvgIpc) is 3.25. The van der Waals surface area contributed by atoms with Crippen molar-refractivity contribution in [3.05, 3.63) is 68.8 Å². The van der Waals surface area contributed by atoms with Crippen LogP contribution in [0.3, 0.4) is 0 Å². The summed E-state index contributed by atoms with van der Waals surface area (Å²) in [5, 5.41) is 6.20. The number of carbonyl (C=O) groups is 1. The molecule has 3 heterocycles. The van der Waals surface area contributed by atoms with Gasteiger partial charge >= 0.3 is 0 Å². The van der Waals surface area contributed by atoms with E-state index in [9.17, 15) is 13.2 Å². The maximum atomic E-state index is 13.7. The summed E-state index contributed by atoms with van der Waals surface area (Å²) < 4.78 is 31.3. The molecule has 12 heteroatoms. The number of piperazine rings is 1. The van der Waals surface area contributed by atoms with Crippen molar-refractivity contribution in [2.24, 2.45) is 0 Å². The summed E-state index contributed by atoms with van der Waals surface area (Å²) in [6.07, 6.45) is 2.78. The minimum Gasteiger partial charge on any atom is -0.335 e. The Bertz CT molecular complexity index is 1490. The van der Waals surface area contributed by atoms with Crippen molar-refractivity contribution in [3.8, 4) is 16.9 Å². The summed E-state index contributed by atoms with van der Waals surface area (Å²) in [5.41, 5.74) is 3.08. The van der Waals surface area contributed by atoms with Gasteiger partial charge in [0.1, 0.15) is 0 Å². The largest absolute Gasteiger partial charge is 0.335 e. The van der Waals surface area contributed by atoms with E-state index < -0.39 is 10.2 Å². The van der Waals surface area contributed by atoms with E-state index >= 15 is 0 Å². The highest BCUT2D eigenvalue weighted by Crippen LogP contribution is 2.34. The van der Waals surface area contributed by atoms with Gasteiger partial charge in [-0.1, -0.05) is 53.4 Å². The van der Waals surface area contributed by atoms with Gasteiger partial charge in [-0.05, 0) is 57.0 Å². The molecule has 2 aliphatic heterocycles. The van der Waals surface area contributed by atoms with Gasteiger partial charge in [-0.2, -0.15) is 22.1 Å². The van der Waals surface area contributed by atoms with Crippen LogP contribution in [0.15, 0.2) is 42.5 Å². The van der Waals surface area contributed by atoms with Gasteiger partial charge in [-0.15, -0.1) is 0 Å². The third kappa shape index (κ3) is 5.58. The molecule has 1 unspecified atom stereocenters. The molecule has 8 nitrogen and oxygen atoms in total. The third-order valence-corrected chi connectivity index (χ3v) is 10.4. The lowest BCUT2D eigenvalue weighted by atomic mass is 10.1. The van der Waals surface area contributed by atoms with Crippen LogP contribution in [0.4, 0.5) is 0 Å². The predicted molar refractivity (Wildman–Crippen MR) is 155 cm³/mol. The molecule has 5 rings (SSSR count). The molecule has 1 amide bonds. The van der Waals surface area contributed by atoms with Gasteiger partial charge in [0, 0.05) is 59.9 Å². The van der Waals surface area contributed by atoms with Crippen molar-refractivity contribution in [2.75, 3.05) is 32.7 Å². The van der Waals surface area contributed by atoms with E-state index in [-0.39, 0.29) is 43.8 Å². The molecule has 0 spiro atoms. The first kappa shape index (κ1) is 28.4. The zero-order valence-electron chi connectivity index (χ0n) is 21.8. The highest BCUT2D eigenvalue weighted by molar-refractivity contribution is 7.86. The number of nitrogens with zero attached hydrogens (tertiary/aromatic N) is 5. The number of rotatable bonds is 5. The van der Waals surface area contributed by atoms with E-state index in [1.807, 2.05) is 26.0 Å². The van der Waals surface area contributed by atoms with E-state index in [1.54, 1.807) is 44.2 Å². The van der Waals surface area contributed by atoms with Crippen molar-refractivity contribution in [1.29, 1.82) is 0 Å². The van der Waals surface area contributed by atoms with E-state index in [0.29, 0.717) is 38.6 Å². The van der Waals surface area contributed by atoms with Crippen molar-refractivity contribution >= 4 is 50.9 Å². The van der Waals surface area contributed by atoms with Gasteiger partial charge in [0.2, 0.25) is 0 Å². The fourth-order valence-corrected chi connectivity index (χ4v) is 7.76. The molecule has 0 aliphatic carbocycles. The maximum absolute atomic E-state index is 13.7. The molecule has 2 aliphatic rings.